The summed E-state index contributed by atoms with van der Waals surface area (Å²) < 4.78 is 21.3. The number of halogens is 1. The average Bonchev–Trinajstić information content (AvgIpc) is 3.37. The third-order valence-corrected chi connectivity index (χ3v) is 4.54. The van der Waals surface area contributed by atoms with Crippen LogP contribution < -0.4 is 5.32 Å². The van der Waals surface area contributed by atoms with E-state index in [-0.39, 0.29) is 17.2 Å². The Labute approximate surface area is 156 Å². The number of rotatable bonds is 6. The number of ketones is 1. The van der Waals surface area contributed by atoms with Gasteiger partial charge in [0.15, 0.2) is 6.61 Å². The average molecular weight is 372 g/mol. The van der Waals surface area contributed by atoms with Crippen LogP contribution in [0.25, 0.3) is 0 Å². The van der Waals surface area contributed by atoms with E-state index in [4.69, 9.17) is 4.74 Å². The molecule has 0 atom stereocenters. The number of carbonyl (C=O) groups is 3. The lowest BCUT2D eigenvalue weighted by Gasteiger charge is -2.09. The van der Waals surface area contributed by atoms with Crippen molar-refractivity contribution in [2.45, 2.75) is 39.7 Å². The first-order valence-electron chi connectivity index (χ1n) is 8.74. The van der Waals surface area contributed by atoms with Gasteiger partial charge < -0.3 is 14.6 Å². The van der Waals surface area contributed by atoms with E-state index in [1.807, 2.05) is 13.8 Å². The molecule has 1 amide bonds. The summed E-state index contributed by atoms with van der Waals surface area (Å²) in [5, 5.41) is 2.43. The van der Waals surface area contributed by atoms with E-state index in [1.165, 1.54) is 19.1 Å². The second-order valence-corrected chi connectivity index (χ2v) is 6.76. The van der Waals surface area contributed by atoms with Crippen molar-refractivity contribution in [1.82, 2.24) is 4.57 Å². The summed E-state index contributed by atoms with van der Waals surface area (Å²) in [6, 6.07) is 5.92. The van der Waals surface area contributed by atoms with Crippen molar-refractivity contribution in [3.63, 3.8) is 0 Å². The van der Waals surface area contributed by atoms with Crippen LogP contribution in [0.2, 0.25) is 0 Å². The van der Waals surface area contributed by atoms with Crippen molar-refractivity contribution in [3.05, 3.63) is 52.6 Å². The third kappa shape index (κ3) is 4.07. The highest BCUT2D eigenvalue weighted by Crippen LogP contribution is 2.38. The van der Waals surface area contributed by atoms with Crippen LogP contribution in [0.4, 0.5) is 10.1 Å². The molecule has 1 saturated carbocycles. The smallest absolute Gasteiger partial charge is 0.340 e. The number of carbonyl (C=O) groups excluding carboxylic acids is 3. The zero-order valence-electron chi connectivity index (χ0n) is 15.5. The SMILES string of the molecule is CC(=O)Nc1ccc(C(=O)COC(=O)c2cc(C)n(C3CC3)c2C)c(F)c1. The molecule has 1 aliphatic rings. The molecule has 1 aromatic carbocycles. The van der Waals surface area contributed by atoms with Crippen molar-refractivity contribution in [1.29, 1.82) is 0 Å². The number of Topliss-reactive ketones (excluding diaryl/α,β-unsaturated/α-hetero) is 1. The second kappa shape index (κ2) is 7.34. The Hall–Kier alpha value is -2.96. The molecule has 2 aromatic rings. The summed E-state index contributed by atoms with van der Waals surface area (Å²) in [6.07, 6.45) is 2.19. The molecule has 3 rings (SSSR count). The van der Waals surface area contributed by atoms with E-state index in [2.05, 4.69) is 9.88 Å². The molecule has 1 N–H and O–H groups in total. The van der Waals surface area contributed by atoms with Gasteiger partial charge in [-0.25, -0.2) is 9.18 Å². The summed E-state index contributed by atoms with van der Waals surface area (Å²) in [7, 11) is 0. The van der Waals surface area contributed by atoms with E-state index in [0.717, 1.165) is 30.3 Å². The Morgan fingerprint density at radius 2 is 1.89 bits per heavy atom. The summed E-state index contributed by atoms with van der Waals surface area (Å²) in [5.41, 5.74) is 2.28. The van der Waals surface area contributed by atoms with Gasteiger partial charge in [0.2, 0.25) is 11.7 Å². The minimum atomic E-state index is -0.783. The van der Waals surface area contributed by atoms with Gasteiger partial charge >= 0.3 is 5.97 Å². The minimum Gasteiger partial charge on any atom is -0.454 e. The topological polar surface area (TPSA) is 77.4 Å². The number of ether oxygens (including phenoxy) is 1. The Bertz CT molecular complexity index is 928. The Kier molecular flexibility index (Phi) is 5.12. The maximum atomic E-state index is 14.1. The summed E-state index contributed by atoms with van der Waals surface area (Å²) in [6.45, 7) is 4.53. The molecular formula is C20H21FN2O4. The fraction of sp³-hybridized carbons (Fsp3) is 0.350. The largest absolute Gasteiger partial charge is 0.454 e. The number of hydrogen-bond donors (Lipinski definition) is 1. The second-order valence-electron chi connectivity index (χ2n) is 6.76. The monoisotopic (exact) mass is 372 g/mol. The number of anilines is 1. The van der Waals surface area contributed by atoms with Crippen molar-refractivity contribution in [3.8, 4) is 0 Å². The molecule has 1 aliphatic carbocycles. The lowest BCUT2D eigenvalue weighted by molar-refractivity contribution is -0.114. The van der Waals surface area contributed by atoms with E-state index in [1.54, 1.807) is 6.07 Å². The summed E-state index contributed by atoms with van der Waals surface area (Å²) in [5.74, 6) is -2.37. The van der Waals surface area contributed by atoms with Crippen molar-refractivity contribution in [2.24, 2.45) is 0 Å². The molecule has 27 heavy (non-hydrogen) atoms. The zero-order valence-corrected chi connectivity index (χ0v) is 15.5. The standard InChI is InChI=1S/C20H21FN2O4/c1-11-8-17(12(2)23(11)15-5-6-15)20(26)27-10-19(25)16-7-4-14(9-18(16)21)22-13(3)24/h4,7-9,15H,5-6,10H2,1-3H3,(H,22,24). The maximum Gasteiger partial charge on any atom is 0.340 e. The molecule has 1 aromatic heterocycles. The first-order chi connectivity index (χ1) is 12.8. The molecular weight excluding hydrogens is 351 g/mol. The van der Waals surface area contributed by atoms with Gasteiger partial charge in [-0.1, -0.05) is 0 Å². The van der Waals surface area contributed by atoms with Crippen molar-refractivity contribution < 1.29 is 23.5 Å². The van der Waals surface area contributed by atoms with Gasteiger partial charge in [-0.3, -0.25) is 9.59 Å². The van der Waals surface area contributed by atoms with Crippen LogP contribution in [0.1, 0.15) is 57.9 Å². The number of nitrogens with zero attached hydrogens (tertiary/aromatic N) is 1. The van der Waals surface area contributed by atoms with Crippen LogP contribution in [-0.2, 0) is 9.53 Å². The van der Waals surface area contributed by atoms with Gasteiger partial charge in [0, 0.05) is 30.0 Å². The predicted molar refractivity (Wildman–Crippen MR) is 97.5 cm³/mol. The molecule has 0 bridgehead atoms. The fourth-order valence-corrected chi connectivity index (χ4v) is 3.19. The van der Waals surface area contributed by atoms with Gasteiger partial charge in [-0.2, -0.15) is 0 Å². The maximum absolute atomic E-state index is 14.1. The molecule has 1 fully saturated rings. The van der Waals surface area contributed by atoms with Crippen molar-refractivity contribution >= 4 is 23.3 Å². The van der Waals surface area contributed by atoms with Gasteiger partial charge in [-0.05, 0) is 51.0 Å². The van der Waals surface area contributed by atoms with Crippen LogP contribution in [0.3, 0.4) is 0 Å². The quantitative estimate of drug-likeness (QED) is 0.621. The molecule has 6 nitrogen and oxygen atoms in total. The zero-order chi connectivity index (χ0) is 19.7. The van der Waals surface area contributed by atoms with Crippen LogP contribution in [-0.4, -0.2) is 28.8 Å². The number of aromatic nitrogens is 1. The number of amides is 1. The Morgan fingerprint density at radius 1 is 1.19 bits per heavy atom. The minimum absolute atomic E-state index is 0.194. The summed E-state index contributed by atoms with van der Waals surface area (Å²) >= 11 is 0. The molecule has 1 heterocycles. The first-order valence-corrected chi connectivity index (χ1v) is 8.74. The number of aryl methyl sites for hydroxylation is 1. The normalized spacial score (nSPS) is 13.3. The number of esters is 1. The molecule has 0 spiro atoms. The van der Waals surface area contributed by atoms with Crippen LogP contribution in [0.15, 0.2) is 24.3 Å². The van der Waals surface area contributed by atoms with E-state index in [0.29, 0.717) is 11.6 Å². The molecule has 0 aliphatic heterocycles. The molecule has 0 radical (unpaired) electrons. The molecule has 0 saturated heterocycles. The highest BCUT2D eigenvalue weighted by Gasteiger charge is 2.29. The van der Waals surface area contributed by atoms with E-state index >= 15 is 0 Å². The van der Waals surface area contributed by atoms with Gasteiger partial charge in [0.05, 0.1) is 11.1 Å². The van der Waals surface area contributed by atoms with Crippen LogP contribution in [0.5, 0.6) is 0 Å². The summed E-state index contributed by atoms with van der Waals surface area (Å²) in [4.78, 5) is 35.5. The molecule has 7 heteroatoms. The highest BCUT2D eigenvalue weighted by atomic mass is 19.1. The fourth-order valence-electron chi connectivity index (χ4n) is 3.19. The predicted octanol–water partition coefficient (Wildman–Crippen LogP) is 3.58. The van der Waals surface area contributed by atoms with Crippen molar-refractivity contribution in [2.75, 3.05) is 11.9 Å². The molecule has 142 valence electrons. The molecule has 0 unspecified atom stereocenters. The van der Waals surface area contributed by atoms with E-state index < -0.39 is 24.2 Å². The van der Waals surface area contributed by atoms with Gasteiger partial charge in [0.25, 0.3) is 0 Å². The van der Waals surface area contributed by atoms with Crippen LogP contribution >= 0.6 is 0 Å². The number of benzene rings is 1. The van der Waals surface area contributed by atoms with Crippen LogP contribution in [0, 0.1) is 19.7 Å². The van der Waals surface area contributed by atoms with Gasteiger partial charge in [-0.15, -0.1) is 0 Å². The lowest BCUT2D eigenvalue weighted by Crippen LogP contribution is -2.16. The highest BCUT2D eigenvalue weighted by molar-refractivity contribution is 6.00. The first kappa shape index (κ1) is 18.8. The number of nitrogens with one attached hydrogen (secondary N) is 1. The number of hydrogen-bond acceptors (Lipinski definition) is 4. The van der Waals surface area contributed by atoms with E-state index in [9.17, 15) is 18.8 Å². The lowest BCUT2D eigenvalue weighted by atomic mass is 10.1. The van der Waals surface area contributed by atoms with Gasteiger partial charge in [0.1, 0.15) is 5.82 Å². The third-order valence-electron chi connectivity index (χ3n) is 4.54. The Morgan fingerprint density at radius 3 is 2.48 bits per heavy atom. The Balaban J connectivity index is 1.66.